The summed E-state index contributed by atoms with van der Waals surface area (Å²) in [7, 11) is 0. The first-order chi connectivity index (χ1) is 13.8. The number of carboxylic acids is 1. The van der Waals surface area contributed by atoms with Crippen molar-refractivity contribution in [3.8, 4) is 0 Å². The third kappa shape index (κ3) is 5.94. The number of piperidine rings is 1. The van der Waals surface area contributed by atoms with E-state index in [2.05, 4.69) is 20.8 Å². The van der Waals surface area contributed by atoms with Crippen LogP contribution in [0.3, 0.4) is 0 Å². The molecule has 12 heteroatoms. The fourth-order valence-corrected chi connectivity index (χ4v) is 3.71. The molecule has 4 N–H and O–H groups in total. The zero-order valence-corrected chi connectivity index (χ0v) is 18.9. The zero-order valence-electron chi connectivity index (χ0n) is 15.7. The number of hydrogen-bond acceptors (Lipinski definition) is 5. The van der Waals surface area contributed by atoms with E-state index in [0.29, 0.717) is 25.9 Å². The second kappa shape index (κ2) is 10.8. The largest absolute Gasteiger partial charge is 0.480 e. The molecule has 2 aromatic rings. The maximum Gasteiger partial charge on any atom is 0.317 e. The first-order valence-electron chi connectivity index (χ1n) is 8.89. The molecule has 0 aliphatic carbocycles. The van der Waals surface area contributed by atoms with Gasteiger partial charge in [0.25, 0.3) is 11.8 Å². The van der Waals surface area contributed by atoms with Crippen molar-refractivity contribution in [2.24, 2.45) is 0 Å². The molecule has 0 bridgehead atoms. The highest BCUT2D eigenvalue weighted by Crippen LogP contribution is 2.25. The lowest BCUT2D eigenvalue weighted by Gasteiger charge is -2.31. The number of aliphatic carboxylic acids is 1. The van der Waals surface area contributed by atoms with Gasteiger partial charge in [-0.3, -0.25) is 24.4 Å². The summed E-state index contributed by atoms with van der Waals surface area (Å²) in [6, 6.07) is 4.61. The number of rotatable bonds is 6. The number of aromatic nitrogens is 2. The lowest BCUT2D eigenvalue weighted by Crippen LogP contribution is -2.46. The molecule has 1 aromatic carbocycles. The summed E-state index contributed by atoms with van der Waals surface area (Å²) in [6.45, 7) is 1.14. The standard InChI is InChI=1S/C18H19Cl2N5O4.BrH/c19-11-2-1-3-12(20)15(11)17(28)23-13-8-21-24-16(13)18(29)22-10-4-6-25(7-5-10)9-14(26)27;/h1-3,8,10H,4-7,9H2,(H,21,24)(H,22,29)(H,23,28)(H,26,27);1H. The Balaban J connectivity index is 0.00000320. The van der Waals surface area contributed by atoms with Crippen LogP contribution >= 0.6 is 40.2 Å². The van der Waals surface area contributed by atoms with Gasteiger partial charge < -0.3 is 15.7 Å². The second-order valence-corrected chi connectivity index (χ2v) is 7.43. The predicted octanol–water partition coefficient (Wildman–Crippen LogP) is 2.83. The molecular formula is C18H20BrCl2N5O4. The molecule has 9 nitrogen and oxygen atoms in total. The van der Waals surface area contributed by atoms with Crippen molar-refractivity contribution >= 4 is 63.7 Å². The van der Waals surface area contributed by atoms with Gasteiger partial charge in [-0.05, 0) is 25.0 Å². The second-order valence-electron chi connectivity index (χ2n) is 6.62. The summed E-state index contributed by atoms with van der Waals surface area (Å²) in [5.41, 5.74) is 0.343. The van der Waals surface area contributed by atoms with Crippen molar-refractivity contribution in [2.45, 2.75) is 18.9 Å². The quantitative estimate of drug-likeness (QED) is 0.463. The number of H-pyrrole nitrogens is 1. The fraction of sp³-hybridized carbons (Fsp3) is 0.333. The number of aromatic amines is 1. The first kappa shape index (κ1) is 24.1. The summed E-state index contributed by atoms with van der Waals surface area (Å²) in [4.78, 5) is 37.7. The molecule has 162 valence electrons. The predicted molar refractivity (Wildman–Crippen MR) is 118 cm³/mol. The van der Waals surface area contributed by atoms with Crippen LogP contribution in [0, 0.1) is 0 Å². The van der Waals surface area contributed by atoms with Gasteiger partial charge in [-0.25, -0.2) is 0 Å². The molecule has 1 aromatic heterocycles. The molecule has 2 amide bonds. The van der Waals surface area contributed by atoms with Gasteiger partial charge in [0.1, 0.15) is 0 Å². The summed E-state index contributed by atoms with van der Waals surface area (Å²) >= 11 is 12.1. The number of halogens is 3. The van der Waals surface area contributed by atoms with E-state index in [9.17, 15) is 14.4 Å². The van der Waals surface area contributed by atoms with Gasteiger partial charge in [0.05, 0.1) is 27.8 Å². The summed E-state index contributed by atoms with van der Waals surface area (Å²) in [5.74, 6) is -1.87. The van der Waals surface area contributed by atoms with Gasteiger partial charge in [-0.2, -0.15) is 5.10 Å². The molecule has 1 fully saturated rings. The van der Waals surface area contributed by atoms with Crippen molar-refractivity contribution in [1.82, 2.24) is 20.4 Å². The number of carbonyl (C=O) groups is 3. The lowest BCUT2D eigenvalue weighted by atomic mass is 10.0. The van der Waals surface area contributed by atoms with Gasteiger partial charge in [0, 0.05) is 25.3 Å². The first-order valence-corrected chi connectivity index (χ1v) is 9.65. The van der Waals surface area contributed by atoms with Crippen LogP contribution in [0.15, 0.2) is 24.4 Å². The van der Waals surface area contributed by atoms with Crippen LogP contribution in [0.25, 0.3) is 0 Å². The topological polar surface area (TPSA) is 127 Å². The van der Waals surface area contributed by atoms with E-state index < -0.39 is 17.8 Å². The monoisotopic (exact) mass is 519 g/mol. The number of nitrogens with one attached hydrogen (secondary N) is 3. The van der Waals surface area contributed by atoms with E-state index in [1.54, 1.807) is 18.2 Å². The maximum absolute atomic E-state index is 12.6. The van der Waals surface area contributed by atoms with Crippen LogP contribution in [-0.4, -0.2) is 63.7 Å². The highest BCUT2D eigenvalue weighted by atomic mass is 79.9. The molecular weight excluding hydrogens is 501 g/mol. The highest BCUT2D eigenvalue weighted by molar-refractivity contribution is 8.93. The van der Waals surface area contributed by atoms with E-state index in [0.717, 1.165) is 0 Å². The molecule has 1 aliphatic heterocycles. The molecule has 2 heterocycles. The molecule has 1 aliphatic rings. The normalized spacial score (nSPS) is 14.6. The minimum Gasteiger partial charge on any atom is -0.480 e. The summed E-state index contributed by atoms with van der Waals surface area (Å²) in [5, 5.41) is 21.2. The van der Waals surface area contributed by atoms with E-state index in [4.69, 9.17) is 28.3 Å². The van der Waals surface area contributed by atoms with Gasteiger partial charge in [0.2, 0.25) is 0 Å². The number of hydrogen-bond donors (Lipinski definition) is 4. The number of anilines is 1. The van der Waals surface area contributed by atoms with Crippen molar-refractivity contribution in [3.05, 3.63) is 45.7 Å². The van der Waals surface area contributed by atoms with Crippen LogP contribution in [-0.2, 0) is 4.79 Å². The third-order valence-corrected chi connectivity index (χ3v) is 5.21. The molecule has 0 saturated carbocycles. The Bertz CT molecular complexity index is 911. The van der Waals surface area contributed by atoms with Crippen molar-refractivity contribution in [3.63, 3.8) is 0 Å². The third-order valence-electron chi connectivity index (χ3n) is 4.58. The number of carboxylic acid groups (broad SMARTS) is 1. The minimum atomic E-state index is -0.872. The van der Waals surface area contributed by atoms with Crippen LogP contribution < -0.4 is 10.6 Å². The molecule has 0 atom stereocenters. The number of nitrogens with zero attached hydrogens (tertiary/aromatic N) is 2. The van der Waals surface area contributed by atoms with E-state index in [1.165, 1.54) is 6.20 Å². The van der Waals surface area contributed by atoms with Gasteiger partial charge in [-0.1, -0.05) is 29.3 Å². The SMILES string of the molecule is Br.O=C(O)CN1CCC(NC(=O)c2n[nH]cc2NC(=O)c2c(Cl)cccc2Cl)CC1. The van der Waals surface area contributed by atoms with Crippen molar-refractivity contribution in [2.75, 3.05) is 25.0 Å². The number of carbonyl (C=O) groups excluding carboxylic acids is 2. The Labute approximate surface area is 192 Å². The highest BCUT2D eigenvalue weighted by Gasteiger charge is 2.25. The average Bonchev–Trinajstić information content (AvgIpc) is 3.11. The fourth-order valence-electron chi connectivity index (χ4n) is 3.14. The maximum atomic E-state index is 12.6. The van der Waals surface area contributed by atoms with Crippen molar-refractivity contribution in [1.29, 1.82) is 0 Å². The van der Waals surface area contributed by atoms with Crippen molar-refractivity contribution < 1.29 is 19.5 Å². The van der Waals surface area contributed by atoms with Crippen LogP contribution in [0.2, 0.25) is 10.0 Å². The molecule has 0 spiro atoms. The molecule has 1 saturated heterocycles. The molecule has 0 unspecified atom stereocenters. The van der Waals surface area contributed by atoms with Crippen LogP contribution in [0.4, 0.5) is 5.69 Å². The van der Waals surface area contributed by atoms with E-state index >= 15 is 0 Å². The van der Waals surface area contributed by atoms with Crippen LogP contribution in [0.5, 0.6) is 0 Å². The van der Waals surface area contributed by atoms with Gasteiger partial charge in [-0.15, -0.1) is 17.0 Å². The number of amides is 2. The van der Waals surface area contributed by atoms with E-state index in [1.807, 2.05) is 4.90 Å². The molecule has 3 rings (SSSR count). The Morgan fingerprint density at radius 3 is 2.40 bits per heavy atom. The summed E-state index contributed by atoms with van der Waals surface area (Å²) < 4.78 is 0. The Morgan fingerprint density at radius 2 is 1.80 bits per heavy atom. The average molecular weight is 521 g/mol. The molecule has 0 radical (unpaired) electrons. The van der Waals surface area contributed by atoms with Crippen LogP contribution in [0.1, 0.15) is 33.7 Å². The smallest absolute Gasteiger partial charge is 0.317 e. The number of benzene rings is 1. The lowest BCUT2D eigenvalue weighted by molar-refractivity contribution is -0.138. The molecule has 30 heavy (non-hydrogen) atoms. The minimum absolute atomic E-state index is 0. The van der Waals surface area contributed by atoms with Gasteiger partial charge in [0.15, 0.2) is 5.69 Å². The van der Waals surface area contributed by atoms with Gasteiger partial charge >= 0.3 is 5.97 Å². The Kier molecular flexibility index (Phi) is 8.65. The van der Waals surface area contributed by atoms with E-state index in [-0.39, 0.29) is 56.6 Å². The number of likely N-dealkylation sites (tertiary alicyclic amines) is 1. The summed E-state index contributed by atoms with van der Waals surface area (Å²) in [6.07, 6.45) is 2.65. The Hall–Kier alpha value is -2.14. The Morgan fingerprint density at radius 1 is 1.17 bits per heavy atom. The zero-order chi connectivity index (χ0) is 21.0.